The summed E-state index contributed by atoms with van der Waals surface area (Å²) in [5.74, 6) is 0.913. The fraction of sp³-hybridized carbons (Fsp3) is 0.667. The van der Waals surface area contributed by atoms with Crippen LogP contribution in [0.5, 0.6) is 5.75 Å². The van der Waals surface area contributed by atoms with Crippen molar-refractivity contribution in [3.05, 3.63) is 24.3 Å². The number of ether oxygens (including phenoxy) is 1. The van der Waals surface area contributed by atoms with E-state index in [1.54, 1.807) is 7.11 Å². The molecule has 21 heavy (non-hydrogen) atoms. The van der Waals surface area contributed by atoms with Gasteiger partial charge in [0.05, 0.1) is 7.11 Å². The maximum absolute atomic E-state index is 5.30. The predicted octanol–water partition coefficient (Wildman–Crippen LogP) is 3.94. The Bertz CT molecular complexity index is 412. The van der Waals surface area contributed by atoms with Crippen molar-refractivity contribution < 1.29 is 4.74 Å². The number of hydrogen-bond acceptors (Lipinski definition) is 3. The Labute approximate surface area is 130 Å². The van der Waals surface area contributed by atoms with Crippen molar-refractivity contribution in [2.45, 2.75) is 46.6 Å². The lowest BCUT2D eigenvalue weighted by Gasteiger charge is -2.33. The second-order valence-corrected chi connectivity index (χ2v) is 6.78. The van der Waals surface area contributed by atoms with E-state index >= 15 is 0 Å². The summed E-state index contributed by atoms with van der Waals surface area (Å²) in [5.41, 5.74) is 1.49. The molecule has 1 N–H and O–H groups in total. The number of rotatable bonds is 8. The maximum atomic E-state index is 5.30. The van der Waals surface area contributed by atoms with Crippen LogP contribution in [0.25, 0.3) is 0 Å². The summed E-state index contributed by atoms with van der Waals surface area (Å²) in [5, 5.41) is 3.69. The molecule has 0 aliphatic carbocycles. The highest BCUT2D eigenvalue weighted by Gasteiger charge is 2.23. The normalized spacial score (nSPS) is 13.0. The van der Waals surface area contributed by atoms with Gasteiger partial charge in [-0.25, -0.2) is 0 Å². The summed E-state index contributed by atoms with van der Waals surface area (Å²) < 4.78 is 5.30. The van der Waals surface area contributed by atoms with E-state index in [0.29, 0.717) is 6.04 Å². The van der Waals surface area contributed by atoms with Crippen molar-refractivity contribution in [3.8, 4) is 5.75 Å². The highest BCUT2D eigenvalue weighted by atomic mass is 16.5. The van der Waals surface area contributed by atoms with Crippen molar-refractivity contribution in [2.75, 3.05) is 32.1 Å². The van der Waals surface area contributed by atoms with Crippen molar-refractivity contribution >= 4 is 5.69 Å². The van der Waals surface area contributed by atoms with E-state index in [1.807, 2.05) is 12.1 Å². The number of anilines is 1. The van der Waals surface area contributed by atoms with E-state index < -0.39 is 0 Å². The molecule has 0 radical (unpaired) electrons. The molecule has 1 aromatic rings. The van der Waals surface area contributed by atoms with E-state index in [2.05, 4.69) is 57.1 Å². The fourth-order valence-corrected chi connectivity index (χ4v) is 2.46. The van der Waals surface area contributed by atoms with Crippen LogP contribution in [-0.4, -0.2) is 33.3 Å². The summed E-state index contributed by atoms with van der Waals surface area (Å²) in [6.45, 7) is 11.3. The molecule has 1 atom stereocenters. The van der Waals surface area contributed by atoms with Crippen LogP contribution in [0.1, 0.15) is 40.5 Å². The highest BCUT2D eigenvalue weighted by Crippen LogP contribution is 2.24. The third-order valence-corrected chi connectivity index (χ3v) is 3.93. The first-order chi connectivity index (χ1) is 9.88. The summed E-state index contributed by atoms with van der Waals surface area (Å²) in [6.07, 6.45) is 2.31. The van der Waals surface area contributed by atoms with Crippen LogP contribution in [0.2, 0.25) is 0 Å². The van der Waals surface area contributed by atoms with Gasteiger partial charge in [-0.1, -0.05) is 33.8 Å². The van der Waals surface area contributed by atoms with Crippen LogP contribution in [0, 0.1) is 5.41 Å². The maximum Gasteiger partial charge on any atom is 0.120 e. The average Bonchev–Trinajstić information content (AvgIpc) is 2.45. The molecule has 0 heterocycles. The van der Waals surface area contributed by atoms with Crippen LogP contribution in [0.15, 0.2) is 24.3 Å². The molecule has 0 saturated heterocycles. The predicted molar refractivity (Wildman–Crippen MR) is 92.4 cm³/mol. The van der Waals surface area contributed by atoms with Gasteiger partial charge in [0.15, 0.2) is 0 Å². The zero-order valence-corrected chi connectivity index (χ0v) is 14.6. The van der Waals surface area contributed by atoms with Gasteiger partial charge < -0.3 is 15.0 Å². The first-order valence-electron chi connectivity index (χ1n) is 7.97. The number of nitrogens with zero attached hydrogens (tertiary/aromatic N) is 1. The first-order valence-corrected chi connectivity index (χ1v) is 7.97. The van der Waals surface area contributed by atoms with Gasteiger partial charge in [-0.05, 0) is 36.9 Å². The Morgan fingerprint density at radius 2 is 2.00 bits per heavy atom. The Kier molecular flexibility index (Phi) is 7.03. The third-order valence-electron chi connectivity index (χ3n) is 3.93. The van der Waals surface area contributed by atoms with Crippen LogP contribution in [0.3, 0.4) is 0 Å². The molecule has 3 nitrogen and oxygen atoms in total. The van der Waals surface area contributed by atoms with Gasteiger partial charge in [0.1, 0.15) is 5.75 Å². The lowest BCUT2D eigenvalue weighted by Crippen LogP contribution is -2.42. The third kappa shape index (κ3) is 5.96. The molecule has 0 aromatic heterocycles. The first kappa shape index (κ1) is 17.8. The van der Waals surface area contributed by atoms with Crippen LogP contribution >= 0.6 is 0 Å². The highest BCUT2D eigenvalue weighted by molar-refractivity contribution is 5.50. The van der Waals surface area contributed by atoms with E-state index in [9.17, 15) is 0 Å². The molecular formula is C18H32N2O. The molecule has 0 aliphatic rings. The molecule has 0 amide bonds. The molecule has 120 valence electrons. The average molecular weight is 292 g/mol. The van der Waals surface area contributed by atoms with E-state index in [1.165, 1.54) is 12.1 Å². The standard InChI is InChI=1S/C18H32N2O/c1-7-12-19-17(18(2,3)4)11-13-20(5)15-9-8-10-16(14-15)21-6/h8-10,14,17,19H,7,11-13H2,1-6H3. The molecule has 0 bridgehead atoms. The minimum absolute atomic E-state index is 0.282. The van der Waals surface area contributed by atoms with Crippen molar-refractivity contribution in [3.63, 3.8) is 0 Å². The van der Waals surface area contributed by atoms with Gasteiger partial charge in [-0.2, -0.15) is 0 Å². The van der Waals surface area contributed by atoms with Crippen LogP contribution in [0.4, 0.5) is 5.69 Å². The van der Waals surface area contributed by atoms with Crippen molar-refractivity contribution in [1.82, 2.24) is 5.32 Å². The summed E-state index contributed by atoms with van der Waals surface area (Å²) in [6, 6.07) is 8.78. The molecule has 0 aliphatic heterocycles. The Hall–Kier alpha value is -1.22. The second-order valence-electron chi connectivity index (χ2n) is 6.78. The van der Waals surface area contributed by atoms with Gasteiger partial charge in [0.2, 0.25) is 0 Å². The summed E-state index contributed by atoms with van der Waals surface area (Å²) in [7, 11) is 3.86. The lowest BCUT2D eigenvalue weighted by atomic mass is 9.84. The summed E-state index contributed by atoms with van der Waals surface area (Å²) in [4.78, 5) is 2.30. The monoisotopic (exact) mass is 292 g/mol. The molecule has 0 spiro atoms. The molecule has 3 heteroatoms. The minimum atomic E-state index is 0.282. The van der Waals surface area contributed by atoms with Gasteiger partial charge in [0, 0.05) is 31.4 Å². The molecular weight excluding hydrogens is 260 g/mol. The zero-order chi connectivity index (χ0) is 15.9. The van der Waals surface area contributed by atoms with E-state index in [0.717, 1.165) is 25.3 Å². The van der Waals surface area contributed by atoms with Gasteiger partial charge in [0.25, 0.3) is 0 Å². The molecule has 0 fully saturated rings. The smallest absolute Gasteiger partial charge is 0.120 e. The second kappa shape index (κ2) is 8.28. The van der Waals surface area contributed by atoms with E-state index in [-0.39, 0.29) is 5.41 Å². The molecule has 0 saturated carbocycles. The topological polar surface area (TPSA) is 24.5 Å². The van der Waals surface area contributed by atoms with Gasteiger partial charge in [-0.15, -0.1) is 0 Å². The molecule has 1 unspecified atom stereocenters. The van der Waals surface area contributed by atoms with Gasteiger partial charge in [-0.3, -0.25) is 0 Å². The Morgan fingerprint density at radius 3 is 2.57 bits per heavy atom. The Balaban J connectivity index is 2.61. The number of hydrogen-bond donors (Lipinski definition) is 1. The Morgan fingerprint density at radius 1 is 1.29 bits per heavy atom. The van der Waals surface area contributed by atoms with E-state index in [4.69, 9.17) is 4.74 Å². The van der Waals surface area contributed by atoms with Crippen LogP contribution in [-0.2, 0) is 0 Å². The van der Waals surface area contributed by atoms with Gasteiger partial charge >= 0.3 is 0 Å². The zero-order valence-electron chi connectivity index (χ0n) is 14.6. The molecule has 1 aromatic carbocycles. The quantitative estimate of drug-likeness (QED) is 0.785. The number of benzene rings is 1. The van der Waals surface area contributed by atoms with Crippen molar-refractivity contribution in [1.29, 1.82) is 0 Å². The largest absolute Gasteiger partial charge is 0.497 e. The van der Waals surface area contributed by atoms with Crippen LogP contribution < -0.4 is 15.0 Å². The molecule has 1 rings (SSSR count). The SMILES string of the molecule is CCCNC(CCN(C)c1cccc(OC)c1)C(C)(C)C. The number of nitrogens with one attached hydrogen (secondary N) is 1. The lowest BCUT2D eigenvalue weighted by molar-refractivity contribution is 0.257. The fourth-order valence-electron chi connectivity index (χ4n) is 2.46. The minimum Gasteiger partial charge on any atom is -0.497 e. The van der Waals surface area contributed by atoms with Crippen molar-refractivity contribution in [2.24, 2.45) is 5.41 Å². The number of methoxy groups -OCH3 is 1. The summed E-state index contributed by atoms with van der Waals surface area (Å²) >= 11 is 0.